The van der Waals surface area contributed by atoms with Crippen LogP contribution in [0.3, 0.4) is 0 Å². The van der Waals surface area contributed by atoms with E-state index in [2.05, 4.69) is 30.1 Å². The third kappa shape index (κ3) is 2.79. The minimum Gasteiger partial charge on any atom is -0.342 e. The Morgan fingerprint density at radius 3 is 2.96 bits per heavy atom. The van der Waals surface area contributed by atoms with Crippen LogP contribution in [0.4, 0.5) is 5.95 Å². The maximum atomic E-state index is 12.3. The average molecular weight is 343 g/mol. The number of piperidine rings is 1. The van der Waals surface area contributed by atoms with Crippen LogP contribution < -0.4 is 10.5 Å². The number of H-pyrrole nitrogens is 1. The monoisotopic (exact) mass is 343 g/mol. The molecule has 1 saturated heterocycles. The van der Waals surface area contributed by atoms with E-state index in [0.717, 1.165) is 25.2 Å². The first kappa shape index (κ1) is 15.8. The molecule has 4 heterocycles. The first-order chi connectivity index (χ1) is 12.0. The minimum absolute atomic E-state index is 0.164. The van der Waals surface area contributed by atoms with Crippen LogP contribution in [0.5, 0.6) is 0 Å². The minimum atomic E-state index is -0.170. The Bertz CT molecular complexity index is 955. The van der Waals surface area contributed by atoms with Gasteiger partial charge in [0.2, 0.25) is 11.8 Å². The predicted octanol–water partition coefficient (Wildman–Crippen LogP) is 1.55. The highest BCUT2D eigenvalue weighted by Crippen LogP contribution is 2.28. The summed E-state index contributed by atoms with van der Waals surface area (Å²) in [6, 6.07) is 0. The smallest absolute Gasteiger partial charge is 0.263 e. The number of hydrogen-bond donors (Lipinski definition) is 1. The number of aromatic amines is 1. The normalized spacial score (nSPS) is 18.4. The van der Waals surface area contributed by atoms with Crippen LogP contribution in [0.1, 0.15) is 50.2 Å². The Hall–Kier alpha value is -2.71. The molecule has 0 aromatic carbocycles. The molecule has 0 radical (unpaired) electrons. The van der Waals surface area contributed by atoms with Crippen molar-refractivity contribution in [2.75, 3.05) is 18.0 Å². The van der Waals surface area contributed by atoms with Gasteiger partial charge in [-0.25, -0.2) is 0 Å². The van der Waals surface area contributed by atoms with Crippen molar-refractivity contribution >= 4 is 17.0 Å². The van der Waals surface area contributed by atoms with Crippen molar-refractivity contribution in [3.8, 4) is 0 Å². The summed E-state index contributed by atoms with van der Waals surface area (Å²) in [4.78, 5) is 26.3. The largest absolute Gasteiger partial charge is 0.342 e. The van der Waals surface area contributed by atoms with E-state index in [1.807, 2.05) is 13.8 Å². The van der Waals surface area contributed by atoms with E-state index in [9.17, 15) is 4.79 Å². The molecule has 0 saturated carbocycles. The number of fused-ring (bicyclic) bond motifs is 1. The molecule has 0 bridgehead atoms. The van der Waals surface area contributed by atoms with E-state index in [0.29, 0.717) is 29.4 Å². The van der Waals surface area contributed by atoms with Crippen molar-refractivity contribution in [2.45, 2.75) is 38.5 Å². The van der Waals surface area contributed by atoms with Crippen molar-refractivity contribution in [3.05, 3.63) is 28.3 Å². The molecule has 9 heteroatoms. The van der Waals surface area contributed by atoms with Gasteiger partial charge in [0, 0.05) is 32.0 Å². The van der Waals surface area contributed by atoms with Crippen LogP contribution in [0, 0.1) is 0 Å². The fourth-order valence-corrected chi connectivity index (χ4v) is 3.20. The Kier molecular flexibility index (Phi) is 3.78. The number of hydrogen-bond acceptors (Lipinski definition) is 7. The summed E-state index contributed by atoms with van der Waals surface area (Å²) in [5, 5.41) is 8.75. The van der Waals surface area contributed by atoms with Gasteiger partial charge in [-0.2, -0.15) is 15.1 Å². The molecule has 3 aromatic heterocycles. The molecule has 1 atom stereocenters. The molecule has 1 aliphatic rings. The molecule has 0 amide bonds. The van der Waals surface area contributed by atoms with Gasteiger partial charge < -0.3 is 9.42 Å². The van der Waals surface area contributed by atoms with Crippen LogP contribution in [0.15, 0.2) is 15.5 Å². The summed E-state index contributed by atoms with van der Waals surface area (Å²) >= 11 is 0. The number of nitrogens with zero attached hydrogens (tertiary/aromatic N) is 6. The van der Waals surface area contributed by atoms with Gasteiger partial charge in [0.1, 0.15) is 5.39 Å². The van der Waals surface area contributed by atoms with Gasteiger partial charge in [-0.3, -0.25) is 14.5 Å². The maximum absolute atomic E-state index is 12.3. The van der Waals surface area contributed by atoms with Gasteiger partial charge in [-0.05, 0) is 12.8 Å². The molecular formula is C16H21N7O2. The highest BCUT2D eigenvalue weighted by atomic mass is 16.5. The third-order valence-corrected chi connectivity index (χ3v) is 4.63. The molecule has 3 aromatic rings. The molecule has 9 nitrogen and oxygen atoms in total. The van der Waals surface area contributed by atoms with Gasteiger partial charge in [-0.15, -0.1) is 0 Å². The Morgan fingerprint density at radius 1 is 1.36 bits per heavy atom. The van der Waals surface area contributed by atoms with Crippen molar-refractivity contribution in [3.63, 3.8) is 0 Å². The van der Waals surface area contributed by atoms with Gasteiger partial charge in [-0.1, -0.05) is 19.0 Å². The molecule has 1 fully saturated rings. The summed E-state index contributed by atoms with van der Waals surface area (Å²) < 4.78 is 6.95. The lowest BCUT2D eigenvalue weighted by Crippen LogP contribution is -2.37. The van der Waals surface area contributed by atoms with Crippen LogP contribution in [0.2, 0.25) is 0 Å². The van der Waals surface area contributed by atoms with E-state index >= 15 is 0 Å². The zero-order chi connectivity index (χ0) is 17.6. The van der Waals surface area contributed by atoms with E-state index in [-0.39, 0.29) is 17.4 Å². The van der Waals surface area contributed by atoms with Crippen LogP contribution in [-0.2, 0) is 7.05 Å². The maximum Gasteiger partial charge on any atom is 0.263 e. The highest BCUT2D eigenvalue weighted by molar-refractivity contribution is 5.74. The number of anilines is 1. The standard InChI is InChI=1S/C16H21N7O2/c1-9(2)15-18-12(21-25-15)10-5-4-6-23(8-10)16-19-13-11(14(24)20-16)7-17-22(13)3/h7,9-10H,4-6,8H2,1-3H3,(H,19,20,24)/t10-/m0/s1. The topological polar surface area (TPSA) is 106 Å². The fourth-order valence-electron chi connectivity index (χ4n) is 3.20. The summed E-state index contributed by atoms with van der Waals surface area (Å²) in [5.74, 6) is 2.34. The second-order valence-corrected chi connectivity index (χ2v) is 6.83. The number of nitrogens with one attached hydrogen (secondary N) is 1. The van der Waals surface area contributed by atoms with Crippen LogP contribution >= 0.6 is 0 Å². The molecule has 25 heavy (non-hydrogen) atoms. The van der Waals surface area contributed by atoms with Gasteiger partial charge in [0.25, 0.3) is 5.56 Å². The molecule has 1 aliphatic heterocycles. The molecule has 0 aliphatic carbocycles. The summed E-state index contributed by atoms with van der Waals surface area (Å²) in [7, 11) is 1.78. The SMILES string of the molecule is CC(C)c1nc([C@H]2CCCN(c3nc4c(cnn4C)c(=O)[nH]3)C2)no1. The zero-order valence-corrected chi connectivity index (χ0v) is 14.6. The average Bonchev–Trinajstić information content (AvgIpc) is 3.23. The first-order valence-electron chi connectivity index (χ1n) is 8.53. The number of aromatic nitrogens is 6. The molecular weight excluding hydrogens is 322 g/mol. The van der Waals surface area contributed by atoms with Crippen LogP contribution in [0.25, 0.3) is 11.0 Å². The van der Waals surface area contributed by atoms with E-state index in [1.54, 1.807) is 11.7 Å². The molecule has 132 valence electrons. The molecule has 0 unspecified atom stereocenters. The van der Waals surface area contributed by atoms with Gasteiger partial charge in [0.05, 0.1) is 6.20 Å². The van der Waals surface area contributed by atoms with Crippen molar-refractivity contribution in [1.82, 2.24) is 29.9 Å². The number of aryl methyl sites for hydroxylation is 1. The summed E-state index contributed by atoms with van der Waals surface area (Å²) in [5.41, 5.74) is 0.416. The van der Waals surface area contributed by atoms with E-state index in [1.165, 1.54) is 6.20 Å². The first-order valence-corrected chi connectivity index (χ1v) is 8.53. The lowest BCUT2D eigenvalue weighted by Gasteiger charge is -2.31. The van der Waals surface area contributed by atoms with E-state index < -0.39 is 0 Å². The lowest BCUT2D eigenvalue weighted by molar-refractivity contribution is 0.354. The molecule has 4 rings (SSSR count). The van der Waals surface area contributed by atoms with Crippen molar-refractivity contribution in [1.29, 1.82) is 0 Å². The van der Waals surface area contributed by atoms with Crippen molar-refractivity contribution in [2.24, 2.45) is 7.05 Å². The van der Waals surface area contributed by atoms with Crippen molar-refractivity contribution < 1.29 is 4.52 Å². The quantitative estimate of drug-likeness (QED) is 0.769. The Balaban J connectivity index is 1.62. The predicted molar refractivity (Wildman–Crippen MR) is 91.7 cm³/mol. The van der Waals surface area contributed by atoms with Gasteiger partial charge in [0.15, 0.2) is 11.5 Å². The van der Waals surface area contributed by atoms with Gasteiger partial charge >= 0.3 is 0 Å². The summed E-state index contributed by atoms with van der Waals surface area (Å²) in [6.07, 6.45) is 3.51. The van der Waals surface area contributed by atoms with Crippen LogP contribution in [-0.4, -0.2) is 43.0 Å². The summed E-state index contributed by atoms with van der Waals surface area (Å²) in [6.45, 7) is 5.59. The Morgan fingerprint density at radius 2 is 2.20 bits per heavy atom. The Labute approximate surface area is 144 Å². The second kappa shape index (κ2) is 5.98. The second-order valence-electron chi connectivity index (χ2n) is 6.83. The molecule has 1 N–H and O–H groups in total. The third-order valence-electron chi connectivity index (χ3n) is 4.63. The highest BCUT2D eigenvalue weighted by Gasteiger charge is 2.27. The molecule has 0 spiro atoms. The van der Waals surface area contributed by atoms with E-state index in [4.69, 9.17) is 4.52 Å². The fraction of sp³-hybridized carbons (Fsp3) is 0.562. The lowest BCUT2D eigenvalue weighted by atomic mass is 9.97. The number of rotatable bonds is 3. The zero-order valence-electron chi connectivity index (χ0n) is 14.6.